The van der Waals surface area contributed by atoms with Crippen molar-refractivity contribution >= 4 is 5.91 Å². The van der Waals surface area contributed by atoms with Crippen LogP contribution in [0.3, 0.4) is 0 Å². The molecule has 1 heterocycles. The van der Waals surface area contributed by atoms with Crippen molar-refractivity contribution in [2.75, 3.05) is 20.2 Å². The third-order valence-electron chi connectivity index (χ3n) is 4.52. The number of hydrogen-bond donors (Lipinski definition) is 2. The number of amides is 1. The molecule has 0 spiro atoms. The molecule has 25 heavy (non-hydrogen) atoms. The first-order valence-corrected chi connectivity index (χ1v) is 8.19. The maximum Gasteiger partial charge on any atom is 0.251 e. The lowest BCUT2D eigenvalue weighted by Gasteiger charge is -2.33. The van der Waals surface area contributed by atoms with E-state index in [0.717, 1.165) is 19.0 Å². The number of carbonyl (C=O) groups is 1. The van der Waals surface area contributed by atoms with E-state index < -0.39 is 11.6 Å². The fourth-order valence-corrected chi connectivity index (χ4v) is 3.15. The van der Waals surface area contributed by atoms with E-state index >= 15 is 0 Å². The second kappa shape index (κ2) is 7.61. The first-order valence-electron chi connectivity index (χ1n) is 8.19. The number of ether oxygens (including phenoxy) is 1. The fourth-order valence-electron chi connectivity index (χ4n) is 3.15. The highest BCUT2D eigenvalue weighted by molar-refractivity contribution is 5.94. The molecule has 0 saturated carbocycles. The van der Waals surface area contributed by atoms with Gasteiger partial charge in [0.25, 0.3) is 5.91 Å². The molecule has 3 rings (SSSR count). The first-order chi connectivity index (χ1) is 12.1. The van der Waals surface area contributed by atoms with Crippen LogP contribution in [-0.2, 0) is 0 Å². The van der Waals surface area contributed by atoms with Gasteiger partial charge in [-0.2, -0.15) is 0 Å². The molecular formula is C19H20F2N2O2. The van der Waals surface area contributed by atoms with Gasteiger partial charge in [0.1, 0.15) is 5.75 Å². The number of nitrogens with one attached hydrogen (secondary N) is 2. The van der Waals surface area contributed by atoms with Crippen LogP contribution in [0.4, 0.5) is 8.78 Å². The van der Waals surface area contributed by atoms with E-state index in [1.807, 2.05) is 0 Å². The Morgan fingerprint density at radius 1 is 1.16 bits per heavy atom. The lowest BCUT2D eigenvalue weighted by Crippen LogP contribution is -2.50. The van der Waals surface area contributed by atoms with Gasteiger partial charge in [-0.3, -0.25) is 4.79 Å². The van der Waals surface area contributed by atoms with Crippen LogP contribution < -0.4 is 15.4 Å². The number of benzene rings is 2. The summed E-state index contributed by atoms with van der Waals surface area (Å²) in [6.07, 6.45) is 0.735. The van der Waals surface area contributed by atoms with Gasteiger partial charge in [-0.15, -0.1) is 0 Å². The average Bonchev–Trinajstić information content (AvgIpc) is 2.64. The number of piperidine rings is 1. The minimum Gasteiger partial charge on any atom is -0.497 e. The van der Waals surface area contributed by atoms with Crippen molar-refractivity contribution in [3.8, 4) is 5.75 Å². The lowest BCUT2D eigenvalue weighted by atomic mass is 9.85. The summed E-state index contributed by atoms with van der Waals surface area (Å²) in [5, 5.41) is 6.23. The van der Waals surface area contributed by atoms with Crippen molar-refractivity contribution in [1.82, 2.24) is 10.6 Å². The molecule has 1 amide bonds. The SMILES string of the molecule is COc1ccc(C(=O)NC2CNCCC2c2ccc(F)c(F)c2)cc1. The molecule has 2 unspecified atom stereocenters. The summed E-state index contributed by atoms with van der Waals surface area (Å²) in [7, 11) is 1.56. The predicted octanol–water partition coefficient (Wildman–Crippen LogP) is 2.85. The molecule has 1 aliphatic rings. The molecule has 0 aliphatic carbocycles. The van der Waals surface area contributed by atoms with Gasteiger partial charge >= 0.3 is 0 Å². The summed E-state index contributed by atoms with van der Waals surface area (Å²) in [6.45, 7) is 1.34. The average molecular weight is 346 g/mol. The van der Waals surface area contributed by atoms with Crippen LogP contribution in [0.15, 0.2) is 42.5 Å². The van der Waals surface area contributed by atoms with Crippen molar-refractivity contribution in [3.63, 3.8) is 0 Å². The summed E-state index contributed by atoms with van der Waals surface area (Å²) in [5.41, 5.74) is 1.22. The van der Waals surface area contributed by atoms with E-state index in [4.69, 9.17) is 4.74 Å². The van der Waals surface area contributed by atoms with Crippen LogP contribution in [0.2, 0.25) is 0 Å². The van der Waals surface area contributed by atoms with Gasteiger partial charge in [0, 0.05) is 24.1 Å². The van der Waals surface area contributed by atoms with Crippen molar-refractivity contribution in [1.29, 1.82) is 0 Å². The Labute approximate surface area is 145 Å². The lowest BCUT2D eigenvalue weighted by molar-refractivity contribution is 0.0924. The van der Waals surface area contributed by atoms with Crippen molar-refractivity contribution in [2.45, 2.75) is 18.4 Å². The van der Waals surface area contributed by atoms with Gasteiger partial charge in [0.15, 0.2) is 11.6 Å². The minimum absolute atomic E-state index is 0.0708. The zero-order valence-electron chi connectivity index (χ0n) is 13.9. The highest BCUT2D eigenvalue weighted by Gasteiger charge is 2.28. The van der Waals surface area contributed by atoms with Gasteiger partial charge in [-0.1, -0.05) is 6.07 Å². The molecule has 0 bridgehead atoms. The Hall–Kier alpha value is -2.47. The Morgan fingerprint density at radius 2 is 1.92 bits per heavy atom. The number of methoxy groups -OCH3 is 1. The third-order valence-corrected chi connectivity index (χ3v) is 4.52. The van der Waals surface area contributed by atoms with Crippen LogP contribution in [0.5, 0.6) is 5.75 Å². The second-order valence-corrected chi connectivity index (χ2v) is 6.08. The quantitative estimate of drug-likeness (QED) is 0.895. The molecule has 6 heteroatoms. The maximum atomic E-state index is 13.6. The Kier molecular flexibility index (Phi) is 5.28. The smallest absolute Gasteiger partial charge is 0.251 e. The summed E-state index contributed by atoms with van der Waals surface area (Å²) in [6, 6.07) is 10.6. The van der Waals surface area contributed by atoms with Crippen molar-refractivity contribution in [3.05, 3.63) is 65.2 Å². The third kappa shape index (κ3) is 3.96. The summed E-state index contributed by atoms with van der Waals surface area (Å²) in [5.74, 6) is -1.33. The van der Waals surface area contributed by atoms with E-state index in [-0.39, 0.29) is 17.9 Å². The minimum atomic E-state index is -0.865. The van der Waals surface area contributed by atoms with Crippen molar-refractivity contribution < 1.29 is 18.3 Å². The molecule has 2 N–H and O–H groups in total. The highest BCUT2D eigenvalue weighted by atomic mass is 19.2. The molecule has 2 aromatic rings. The van der Waals surface area contributed by atoms with Gasteiger partial charge in [-0.25, -0.2) is 8.78 Å². The maximum absolute atomic E-state index is 13.6. The topological polar surface area (TPSA) is 50.4 Å². The summed E-state index contributed by atoms with van der Waals surface area (Å²) in [4.78, 5) is 12.5. The Morgan fingerprint density at radius 3 is 2.60 bits per heavy atom. The molecule has 132 valence electrons. The molecule has 2 aromatic carbocycles. The molecule has 0 aromatic heterocycles. The largest absolute Gasteiger partial charge is 0.497 e. The van der Waals surface area contributed by atoms with E-state index in [0.29, 0.717) is 23.4 Å². The molecule has 1 saturated heterocycles. The van der Waals surface area contributed by atoms with E-state index in [1.165, 1.54) is 6.07 Å². The van der Waals surface area contributed by atoms with Crippen LogP contribution in [0.25, 0.3) is 0 Å². The van der Waals surface area contributed by atoms with E-state index in [1.54, 1.807) is 37.4 Å². The normalized spacial score (nSPS) is 20.1. The van der Waals surface area contributed by atoms with Crippen LogP contribution >= 0.6 is 0 Å². The van der Waals surface area contributed by atoms with Crippen LogP contribution in [-0.4, -0.2) is 32.1 Å². The zero-order valence-corrected chi connectivity index (χ0v) is 13.9. The Balaban J connectivity index is 1.76. The second-order valence-electron chi connectivity index (χ2n) is 6.08. The number of halogens is 2. The van der Waals surface area contributed by atoms with Gasteiger partial charge < -0.3 is 15.4 Å². The summed E-state index contributed by atoms with van der Waals surface area (Å²) < 4.78 is 31.8. The van der Waals surface area contributed by atoms with Gasteiger partial charge in [-0.05, 0) is 54.9 Å². The molecule has 2 atom stereocenters. The molecular weight excluding hydrogens is 326 g/mol. The molecule has 4 nitrogen and oxygen atoms in total. The fraction of sp³-hybridized carbons (Fsp3) is 0.316. The van der Waals surface area contributed by atoms with Gasteiger partial charge in [0.2, 0.25) is 0 Å². The van der Waals surface area contributed by atoms with Crippen LogP contribution in [0.1, 0.15) is 28.3 Å². The van der Waals surface area contributed by atoms with Crippen molar-refractivity contribution in [2.24, 2.45) is 0 Å². The number of hydrogen-bond acceptors (Lipinski definition) is 3. The first kappa shape index (κ1) is 17.4. The standard InChI is InChI=1S/C19H20F2N2O2/c1-25-14-5-2-12(3-6-14)19(24)23-18-11-22-9-8-15(18)13-4-7-16(20)17(21)10-13/h2-7,10,15,18,22H,8-9,11H2,1H3,(H,23,24). The number of rotatable bonds is 4. The molecule has 1 aliphatic heterocycles. The highest BCUT2D eigenvalue weighted by Crippen LogP contribution is 2.27. The molecule has 0 radical (unpaired) electrons. The molecule has 1 fully saturated rings. The van der Waals surface area contributed by atoms with Crippen LogP contribution in [0, 0.1) is 11.6 Å². The van der Waals surface area contributed by atoms with Gasteiger partial charge in [0.05, 0.1) is 7.11 Å². The monoisotopic (exact) mass is 346 g/mol. The van der Waals surface area contributed by atoms with E-state index in [9.17, 15) is 13.6 Å². The van der Waals surface area contributed by atoms with E-state index in [2.05, 4.69) is 10.6 Å². The summed E-state index contributed by atoms with van der Waals surface area (Å²) >= 11 is 0. The Bertz CT molecular complexity index is 750. The predicted molar refractivity (Wildman–Crippen MR) is 90.8 cm³/mol. The zero-order chi connectivity index (χ0) is 17.8. The number of carbonyl (C=O) groups excluding carboxylic acids is 1.